The van der Waals surface area contributed by atoms with Gasteiger partial charge in [0.15, 0.2) is 15.4 Å². The lowest BCUT2D eigenvalue weighted by Gasteiger charge is -2.29. The minimum Gasteiger partial charge on any atom is -0.450 e. The first-order valence-corrected chi connectivity index (χ1v) is 12.3. The molecule has 0 heterocycles. The van der Waals surface area contributed by atoms with Crippen LogP contribution in [0.2, 0.25) is 0 Å². The number of sulfone groups is 1. The summed E-state index contributed by atoms with van der Waals surface area (Å²) in [4.78, 5) is 24.4. The zero-order chi connectivity index (χ0) is 25.5. The maximum Gasteiger partial charge on any atom is 0.408 e. The van der Waals surface area contributed by atoms with Crippen LogP contribution < -0.4 is 5.32 Å². The lowest BCUT2D eigenvalue weighted by molar-refractivity contribution is -0.146. The number of nitrogens with zero attached hydrogens (tertiary/aromatic N) is 1. The Hall–Kier alpha value is -3.94. The van der Waals surface area contributed by atoms with Crippen LogP contribution in [-0.4, -0.2) is 44.3 Å². The molecule has 0 aliphatic heterocycles. The van der Waals surface area contributed by atoms with Crippen molar-refractivity contribution in [2.75, 3.05) is 13.2 Å². The molecule has 0 saturated carbocycles. The van der Waals surface area contributed by atoms with Crippen LogP contribution in [-0.2, 0) is 36.3 Å². The number of carbonyl (C=O) groups excluding carboxylic acids is 2. The third-order valence-corrected chi connectivity index (χ3v) is 7.08. The number of alkyl carbamates (subject to hydrolysis) is 1. The van der Waals surface area contributed by atoms with E-state index in [2.05, 4.69) is 10.1 Å². The number of aliphatic hydroxyl groups is 1. The Bertz CT molecular complexity index is 1360. The van der Waals surface area contributed by atoms with Crippen LogP contribution in [0.15, 0.2) is 71.6 Å². The van der Waals surface area contributed by atoms with Crippen molar-refractivity contribution in [2.45, 2.75) is 29.5 Å². The van der Waals surface area contributed by atoms with Gasteiger partial charge in [-0.25, -0.2) is 18.0 Å². The second kappa shape index (κ2) is 11.0. The summed E-state index contributed by atoms with van der Waals surface area (Å²) in [5.74, 6) is -1.38. The molecule has 0 bridgehead atoms. The van der Waals surface area contributed by atoms with Crippen LogP contribution in [0.25, 0.3) is 10.8 Å². The van der Waals surface area contributed by atoms with E-state index in [1.165, 1.54) is 30.5 Å². The maximum atomic E-state index is 13.0. The molecule has 0 aliphatic carbocycles. The van der Waals surface area contributed by atoms with Crippen molar-refractivity contribution < 1.29 is 32.6 Å². The van der Waals surface area contributed by atoms with Crippen molar-refractivity contribution in [3.63, 3.8) is 0 Å². The normalized spacial score (nSPS) is 12.8. The maximum absolute atomic E-state index is 13.0. The van der Waals surface area contributed by atoms with Crippen molar-refractivity contribution in [3.05, 3.63) is 77.9 Å². The number of fused-ring (bicyclic) bond motifs is 1. The van der Waals surface area contributed by atoms with E-state index in [1.54, 1.807) is 13.0 Å². The number of nitrogens with one attached hydrogen (secondary N) is 1. The molecular formula is C25H24N2O7S. The summed E-state index contributed by atoms with van der Waals surface area (Å²) in [6.07, 6.45) is -0.0213. The van der Waals surface area contributed by atoms with E-state index >= 15 is 0 Å². The molecule has 0 spiro atoms. The fraction of sp³-hybridized carbons (Fsp3) is 0.240. The third kappa shape index (κ3) is 6.15. The average molecular weight is 497 g/mol. The second-order valence-electron chi connectivity index (χ2n) is 7.83. The molecule has 2 N–H and O–H groups in total. The van der Waals surface area contributed by atoms with E-state index < -0.39 is 34.0 Å². The number of nitriles is 1. The number of aliphatic hydroxyl groups excluding tert-OH is 1. The minimum absolute atomic E-state index is 0.0183. The first-order valence-electron chi connectivity index (χ1n) is 10.7. The van der Waals surface area contributed by atoms with E-state index in [4.69, 9.17) is 10.00 Å². The molecule has 182 valence electrons. The first-order chi connectivity index (χ1) is 16.7. The number of rotatable bonds is 9. The minimum atomic E-state index is -3.67. The molecule has 0 radical (unpaired) electrons. The highest BCUT2D eigenvalue weighted by molar-refractivity contribution is 7.90. The summed E-state index contributed by atoms with van der Waals surface area (Å²) in [6.45, 7) is 0.698. The molecule has 0 aliphatic rings. The topological polar surface area (TPSA) is 143 Å². The fourth-order valence-electron chi connectivity index (χ4n) is 3.62. The van der Waals surface area contributed by atoms with Gasteiger partial charge >= 0.3 is 12.1 Å². The van der Waals surface area contributed by atoms with Crippen LogP contribution in [0.4, 0.5) is 4.79 Å². The van der Waals surface area contributed by atoms with Crippen LogP contribution >= 0.6 is 0 Å². The molecule has 35 heavy (non-hydrogen) atoms. The molecule has 1 atom stereocenters. The zero-order valence-electron chi connectivity index (χ0n) is 18.9. The Morgan fingerprint density at radius 1 is 1.03 bits per heavy atom. The van der Waals surface area contributed by atoms with Gasteiger partial charge in [-0.15, -0.1) is 5.26 Å². The average Bonchev–Trinajstić information content (AvgIpc) is 2.84. The Morgan fingerprint density at radius 2 is 1.69 bits per heavy atom. The molecule has 0 saturated heterocycles. The van der Waals surface area contributed by atoms with Crippen LogP contribution in [0.1, 0.15) is 18.1 Å². The summed E-state index contributed by atoms with van der Waals surface area (Å²) in [5, 5.41) is 22.8. The van der Waals surface area contributed by atoms with Gasteiger partial charge in [0, 0.05) is 6.42 Å². The van der Waals surface area contributed by atoms with Crippen LogP contribution in [0, 0.1) is 11.5 Å². The number of carbonyl (C=O) groups is 2. The van der Waals surface area contributed by atoms with Crippen molar-refractivity contribution in [1.82, 2.24) is 5.32 Å². The summed E-state index contributed by atoms with van der Waals surface area (Å²) in [6, 6.07) is 18.8. The van der Waals surface area contributed by atoms with Gasteiger partial charge in [0.1, 0.15) is 0 Å². The number of esters is 1. The molecule has 0 fully saturated rings. The molecule has 3 aromatic carbocycles. The monoisotopic (exact) mass is 496 g/mol. The van der Waals surface area contributed by atoms with Crippen molar-refractivity contribution in [3.8, 4) is 6.26 Å². The predicted molar refractivity (Wildman–Crippen MR) is 127 cm³/mol. The number of benzene rings is 3. The quantitative estimate of drug-likeness (QED) is 0.340. The van der Waals surface area contributed by atoms with Crippen LogP contribution in [0.5, 0.6) is 0 Å². The van der Waals surface area contributed by atoms with E-state index in [1.807, 2.05) is 36.4 Å². The van der Waals surface area contributed by atoms with Gasteiger partial charge in [-0.3, -0.25) is 0 Å². The van der Waals surface area contributed by atoms with Gasteiger partial charge in [-0.2, -0.15) is 0 Å². The highest BCUT2D eigenvalue weighted by atomic mass is 32.2. The fourth-order valence-corrected chi connectivity index (χ4v) is 4.96. The van der Waals surface area contributed by atoms with E-state index in [9.17, 15) is 23.1 Å². The SMILES string of the molecule is CCOC(=O)NC(CO)(Cc1ccc(S(=O)(=O)Cc2ccc3ccccc3c2)cc1)C(=O)OC#N. The smallest absolute Gasteiger partial charge is 0.408 e. The molecule has 1 amide bonds. The van der Waals surface area contributed by atoms with Gasteiger partial charge < -0.3 is 19.9 Å². The molecule has 1 unspecified atom stereocenters. The second-order valence-corrected chi connectivity index (χ2v) is 9.82. The highest BCUT2D eigenvalue weighted by Crippen LogP contribution is 2.23. The molecule has 9 nitrogen and oxygen atoms in total. The van der Waals surface area contributed by atoms with Gasteiger partial charge in [-0.1, -0.05) is 54.6 Å². The predicted octanol–water partition coefficient (Wildman–Crippen LogP) is 2.86. The molecule has 10 heteroatoms. The molecule has 0 aromatic heterocycles. The summed E-state index contributed by atoms with van der Waals surface area (Å²) >= 11 is 0. The molecular weight excluding hydrogens is 472 g/mol. The molecule has 3 rings (SSSR count). The summed E-state index contributed by atoms with van der Waals surface area (Å²) in [7, 11) is -3.67. The van der Waals surface area contributed by atoms with E-state index in [0.29, 0.717) is 11.1 Å². The van der Waals surface area contributed by atoms with Gasteiger partial charge in [0.2, 0.25) is 0 Å². The van der Waals surface area contributed by atoms with Gasteiger partial charge in [0.25, 0.3) is 6.26 Å². The highest BCUT2D eigenvalue weighted by Gasteiger charge is 2.42. The largest absolute Gasteiger partial charge is 0.450 e. The van der Waals surface area contributed by atoms with Crippen molar-refractivity contribution in [1.29, 1.82) is 5.26 Å². The first kappa shape index (κ1) is 25.7. The van der Waals surface area contributed by atoms with Crippen molar-refractivity contribution in [2.24, 2.45) is 0 Å². The van der Waals surface area contributed by atoms with Gasteiger partial charge in [0.05, 0.1) is 23.9 Å². The number of hydrogen-bond acceptors (Lipinski definition) is 8. The molecule has 3 aromatic rings. The Balaban J connectivity index is 1.82. The van der Waals surface area contributed by atoms with Gasteiger partial charge in [-0.05, 0) is 41.0 Å². The van der Waals surface area contributed by atoms with Crippen LogP contribution in [0.3, 0.4) is 0 Å². The zero-order valence-corrected chi connectivity index (χ0v) is 19.7. The number of hydrogen-bond donors (Lipinski definition) is 2. The lowest BCUT2D eigenvalue weighted by Crippen LogP contribution is -2.59. The summed E-state index contributed by atoms with van der Waals surface area (Å²) < 4.78 is 35.1. The Morgan fingerprint density at radius 3 is 2.31 bits per heavy atom. The number of ether oxygens (including phenoxy) is 2. The Labute approximate surface area is 202 Å². The van der Waals surface area contributed by atoms with E-state index in [-0.39, 0.29) is 23.7 Å². The standard InChI is InChI=1S/C25H24N2O7S/c1-2-33-24(30)27-25(16-28,23(29)34-17-26)14-18-8-11-22(12-9-18)35(31,32)15-19-7-10-20-5-3-4-6-21(20)13-19/h3-13,28H,2,14-16H2,1H3,(H,27,30). The number of amides is 1. The lowest BCUT2D eigenvalue weighted by atomic mass is 9.91. The van der Waals surface area contributed by atoms with E-state index in [0.717, 1.165) is 10.8 Å². The van der Waals surface area contributed by atoms with Crippen molar-refractivity contribution >= 4 is 32.7 Å². The Kier molecular flexibility index (Phi) is 8.06. The third-order valence-electron chi connectivity index (χ3n) is 5.37. The summed E-state index contributed by atoms with van der Waals surface area (Å²) in [5.41, 5.74) is -0.937.